The van der Waals surface area contributed by atoms with Gasteiger partial charge in [0.1, 0.15) is 0 Å². The highest BCUT2D eigenvalue weighted by Gasteiger charge is 2.09. The summed E-state index contributed by atoms with van der Waals surface area (Å²) in [5.74, 6) is 0. The van der Waals surface area contributed by atoms with Gasteiger partial charge in [0.05, 0.1) is 6.54 Å². The van der Waals surface area contributed by atoms with E-state index in [1.807, 2.05) is 6.20 Å². The van der Waals surface area contributed by atoms with E-state index in [1.165, 1.54) is 9.75 Å². The number of nitrogens with zero attached hydrogens (tertiary/aromatic N) is 2. The van der Waals surface area contributed by atoms with Crippen LogP contribution in [0.3, 0.4) is 0 Å². The fraction of sp³-hybridized carbons (Fsp3) is 0.462. The maximum Gasteiger partial charge on any atom is 0.185 e. The minimum Gasteiger partial charge on any atom is -0.346 e. The van der Waals surface area contributed by atoms with E-state index in [2.05, 4.69) is 63.5 Å². The van der Waals surface area contributed by atoms with Gasteiger partial charge in [-0.25, -0.2) is 4.98 Å². The molecule has 0 aromatic carbocycles. The highest BCUT2D eigenvalue weighted by molar-refractivity contribution is 9.10. The topological polar surface area (TPSA) is 28.2 Å². The maximum absolute atomic E-state index is 4.49. The predicted molar refractivity (Wildman–Crippen MR) is 88.2 cm³/mol. The number of rotatable bonds is 6. The number of nitrogens with one attached hydrogen (secondary N) is 1. The Morgan fingerprint density at radius 2 is 2.21 bits per heavy atom. The Hall–Kier alpha value is -0.430. The first-order valence-electron chi connectivity index (χ1n) is 6.16. The van der Waals surface area contributed by atoms with Crippen LogP contribution in [0.2, 0.25) is 0 Å². The number of thiazole rings is 1. The average molecular weight is 360 g/mol. The van der Waals surface area contributed by atoms with Crippen molar-refractivity contribution < 1.29 is 0 Å². The Bertz CT molecular complexity index is 521. The van der Waals surface area contributed by atoms with Crippen molar-refractivity contribution in [1.82, 2.24) is 10.3 Å². The van der Waals surface area contributed by atoms with Crippen LogP contribution in [0.1, 0.15) is 23.6 Å². The van der Waals surface area contributed by atoms with Gasteiger partial charge in [0.25, 0.3) is 0 Å². The molecular formula is C13H18BrN3S2. The highest BCUT2D eigenvalue weighted by atomic mass is 79.9. The molecule has 0 saturated heterocycles. The molecule has 0 atom stereocenters. The first kappa shape index (κ1) is 15.0. The van der Waals surface area contributed by atoms with E-state index in [-0.39, 0.29) is 0 Å². The van der Waals surface area contributed by atoms with Crippen molar-refractivity contribution in [3.05, 3.63) is 31.9 Å². The van der Waals surface area contributed by atoms with Crippen molar-refractivity contribution in [3.8, 4) is 0 Å². The summed E-state index contributed by atoms with van der Waals surface area (Å²) in [6.07, 6.45) is 1.97. The van der Waals surface area contributed by atoms with Gasteiger partial charge in [-0.3, -0.25) is 0 Å². The summed E-state index contributed by atoms with van der Waals surface area (Å²) in [5, 5.41) is 6.60. The third-order valence-corrected chi connectivity index (χ3v) is 5.36. The molecule has 0 unspecified atom stereocenters. The van der Waals surface area contributed by atoms with Crippen LogP contribution in [0.5, 0.6) is 0 Å². The van der Waals surface area contributed by atoms with E-state index in [9.17, 15) is 0 Å². The summed E-state index contributed by atoms with van der Waals surface area (Å²) in [7, 11) is 2.09. The van der Waals surface area contributed by atoms with Gasteiger partial charge in [-0.15, -0.1) is 22.7 Å². The molecule has 0 aliphatic rings. The van der Waals surface area contributed by atoms with Crippen molar-refractivity contribution in [3.63, 3.8) is 0 Å². The number of aromatic nitrogens is 1. The first-order chi connectivity index (χ1) is 9.04. The molecule has 2 aromatic heterocycles. The lowest BCUT2D eigenvalue weighted by Gasteiger charge is -2.14. The summed E-state index contributed by atoms with van der Waals surface area (Å²) in [5.41, 5.74) is 0. The lowest BCUT2D eigenvalue weighted by Crippen LogP contribution is -2.21. The summed E-state index contributed by atoms with van der Waals surface area (Å²) in [6.45, 7) is 6.11. The van der Waals surface area contributed by atoms with Gasteiger partial charge in [0, 0.05) is 45.4 Å². The quantitative estimate of drug-likeness (QED) is 0.841. The summed E-state index contributed by atoms with van der Waals surface area (Å²) in [4.78, 5) is 9.31. The molecule has 3 nitrogen and oxygen atoms in total. The zero-order valence-electron chi connectivity index (χ0n) is 11.3. The molecule has 2 heterocycles. The number of anilines is 1. The fourth-order valence-corrected chi connectivity index (χ4v) is 3.92. The molecule has 19 heavy (non-hydrogen) atoms. The average Bonchev–Trinajstić information content (AvgIpc) is 2.95. The van der Waals surface area contributed by atoms with Crippen LogP contribution in [0.25, 0.3) is 0 Å². The molecule has 0 bridgehead atoms. The van der Waals surface area contributed by atoms with Crippen LogP contribution in [-0.2, 0) is 13.1 Å². The molecule has 0 amide bonds. The lowest BCUT2D eigenvalue weighted by molar-refractivity contribution is 0.593. The fourth-order valence-electron chi connectivity index (χ4n) is 1.60. The van der Waals surface area contributed by atoms with Gasteiger partial charge < -0.3 is 10.2 Å². The van der Waals surface area contributed by atoms with Gasteiger partial charge in [0.2, 0.25) is 0 Å². The number of hydrogen-bond acceptors (Lipinski definition) is 5. The second kappa shape index (κ2) is 6.83. The van der Waals surface area contributed by atoms with Gasteiger partial charge >= 0.3 is 0 Å². The molecule has 104 valence electrons. The molecule has 0 radical (unpaired) electrons. The van der Waals surface area contributed by atoms with Crippen LogP contribution in [0.4, 0.5) is 5.13 Å². The van der Waals surface area contributed by atoms with Crippen molar-refractivity contribution in [1.29, 1.82) is 0 Å². The van der Waals surface area contributed by atoms with Crippen molar-refractivity contribution >= 4 is 43.7 Å². The zero-order valence-corrected chi connectivity index (χ0v) is 14.5. The summed E-state index contributed by atoms with van der Waals surface area (Å²) < 4.78 is 1.15. The Balaban J connectivity index is 1.94. The van der Waals surface area contributed by atoms with Crippen molar-refractivity contribution in [2.45, 2.75) is 33.0 Å². The Kier molecular flexibility index (Phi) is 5.38. The van der Waals surface area contributed by atoms with Gasteiger partial charge in [-0.05, 0) is 22.0 Å². The van der Waals surface area contributed by atoms with Crippen molar-refractivity contribution in [2.75, 3.05) is 11.9 Å². The molecule has 1 N–H and O–H groups in total. The Morgan fingerprint density at radius 3 is 2.84 bits per heavy atom. The normalized spacial score (nSPS) is 11.2. The Labute approximate surface area is 130 Å². The van der Waals surface area contributed by atoms with E-state index in [0.717, 1.165) is 22.7 Å². The van der Waals surface area contributed by atoms with Crippen LogP contribution in [0.15, 0.2) is 22.1 Å². The molecule has 0 aliphatic carbocycles. The predicted octanol–water partition coefficient (Wildman–Crippen LogP) is 4.10. The summed E-state index contributed by atoms with van der Waals surface area (Å²) >= 11 is 7.01. The molecule has 2 aromatic rings. The molecule has 0 fully saturated rings. The minimum absolute atomic E-state index is 0.506. The molecule has 0 aliphatic heterocycles. The number of thiophene rings is 1. The van der Waals surface area contributed by atoms with Crippen LogP contribution >= 0.6 is 38.6 Å². The van der Waals surface area contributed by atoms with E-state index in [4.69, 9.17) is 0 Å². The lowest BCUT2D eigenvalue weighted by atomic mass is 10.4. The largest absolute Gasteiger partial charge is 0.346 e. The van der Waals surface area contributed by atoms with Crippen molar-refractivity contribution in [2.24, 2.45) is 0 Å². The SMILES string of the molecule is CC(C)NCc1cnc(N(C)Cc2cc(Br)cs2)s1. The minimum atomic E-state index is 0.506. The second-order valence-electron chi connectivity index (χ2n) is 4.73. The smallest absolute Gasteiger partial charge is 0.185 e. The van der Waals surface area contributed by atoms with E-state index in [0.29, 0.717) is 6.04 Å². The standard InChI is InChI=1S/C13H18BrN3S2/c1-9(2)15-5-12-6-16-13(19-12)17(3)7-11-4-10(14)8-18-11/h4,6,8-9,15H,5,7H2,1-3H3. The molecule has 0 spiro atoms. The van der Waals surface area contributed by atoms with E-state index < -0.39 is 0 Å². The first-order valence-corrected chi connectivity index (χ1v) is 8.65. The molecule has 2 rings (SSSR count). The Morgan fingerprint density at radius 1 is 1.42 bits per heavy atom. The molecule has 6 heteroatoms. The van der Waals surface area contributed by atoms with E-state index >= 15 is 0 Å². The maximum atomic E-state index is 4.49. The molecular weight excluding hydrogens is 342 g/mol. The third-order valence-electron chi connectivity index (χ3n) is 2.57. The molecule has 0 saturated carbocycles. The third kappa shape index (κ3) is 4.56. The monoisotopic (exact) mass is 359 g/mol. The number of halogens is 1. The second-order valence-corrected chi connectivity index (χ2v) is 7.74. The number of hydrogen-bond donors (Lipinski definition) is 1. The zero-order chi connectivity index (χ0) is 13.8. The van der Waals surface area contributed by atoms with Crippen LogP contribution in [-0.4, -0.2) is 18.1 Å². The summed E-state index contributed by atoms with van der Waals surface area (Å²) in [6, 6.07) is 2.67. The van der Waals surface area contributed by atoms with Crippen LogP contribution < -0.4 is 10.2 Å². The van der Waals surface area contributed by atoms with Gasteiger partial charge in [0.15, 0.2) is 5.13 Å². The van der Waals surface area contributed by atoms with Crippen LogP contribution in [0, 0.1) is 0 Å². The van der Waals surface area contributed by atoms with Gasteiger partial charge in [-0.1, -0.05) is 13.8 Å². The van der Waals surface area contributed by atoms with E-state index in [1.54, 1.807) is 22.7 Å². The van der Waals surface area contributed by atoms with Gasteiger partial charge in [-0.2, -0.15) is 0 Å². The highest BCUT2D eigenvalue weighted by Crippen LogP contribution is 2.26.